The summed E-state index contributed by atoms with van der Waals surface area (Å²) in [4.78, 5) is 2.74. The molecule has 2 nitrogen and oxygen atoms in total. The van der Waals surface area contributed by atoms with E-state index in [1.165, 1.54) is 71.1 Å². The highest BCUT2D eigenvalue weighted by atomic mass is 15.2. The van der Waals surface area contributed by atoms with Crippen LogP contribution in [0.4, 0.5) is 0 Å². The van der Waals surface area contributed by atoms with Crippen LogP contribution in [0.25, 0.3) is 0 Å². The standard InChI is InChI=1S/C14H28N2/c1-2-3-4-9-15-10-11-16(14-7-8-14)12-13-5-6-13/h13-15H,2-12H2,1H3. The second kappa shape index (κ2) is 6.61. The predicted molar refractivity (Wildman–Crippen MR) is 69.7 cm³/mol. The van der Waals surface area contributed by atoms with Crippen molar-refractivity contribution in [2.75, 3.05) is 26.2 Å². The second-order valence-corrected chi connectivity index (χ2v) is 5.63. The number of nitrogens with zero attached hydrogens (tertiary/aromatic N) is 1. The molecule has 2 heteroatoms. The third-order valence-corrected chi connectivity index (χ3v) is 3.79. The lowest BCUT2D eigenvalue weighted by Gasteiger charge is -2.21. The van der Waals surface area contributed by atoms with E-state index in [1.54, 1.807) is 0 Å². The van der Waals surface area contributed by atoms with E-state index in [0.717, 1.165) is 12.0 Å². The Morgan fingerprint density at radius 2 is 1.88 bits per heavy atom. The Morgan fingerprint density at radius 1 is 1.06 bits per heavy atom. The van der Waals surface area contributed by atoms with Gasteiger partial charge in [-0.15, -0.1) is 0 Å². The fourth-order valence-corrected chi connectivity index (χ4v) is 2.34. The van der Waals surface area contributed by atoms with E-state index in [1.807, 2.05) is 0 Å². The number of unbranched alkanes of at least 4 members (excludes halogenated alkanes) is 2. The number of rotatable bonds is 10. The van der Waals surface area contributed by atoms with Gasteiger partial charge in [0.2, 0.25) is 0 Å². The zero-order valence-corrected chi connectivity index (χ0v) is 10.9. The molecule has 0 unspecified atom stereocenters. The highest BCUT2D eigenvalue weighted by molar-refractivity contribution is 4.88. The highest BCUT2D eigenvalue weighted by Gasteiger charge is 2.32. The Labute approximate surface area is 101 Å². The van der Waals surface area contributed by atoms with Gasteiger partial charge in [0.25, 0.3) is 0 Å². The van der Waals surface area contributed by atoms with Crippen molar-refractivity contribution < 1.29 is 0 Å². The third kappa shape index (κ3) is 4.84. The molecule has 2 rings (SSSR count). The average molecular weight is 224 g/mol. The summed E-state index contributed by atoms with van der Waals surface area (Å²) in [5, 5.41) is 3.59. The zero-order chi connectivity index (χ0) is 11.2. The van der Waals surface area contributed by atoms with Gasteiger partial charge < -0.3 is 5.32 Å². The van der Waals surface area contributed by atoms with E-state index in [0.29, 0.717) is 0 Å². The smallest absolute Gasteiger partial charge is 0.0110 e. The van der Waals surface area contributed by atoms with E-state index in [4.69, 9.17) is 0 Å². The van der Waals surface area contributed by atoms with E-state index in [9.17, 15) is 0 Å². The monoisotopic (exact) mass is 224 g/mol. The normalized spacial score (nSPS) is 20.6. The van der Waals surface area contributed by atoms with Crippen LogP contribution in [-0.2, 0) is 0 Å². The maximum absolute atomic E-state index is 3.59. The Bertz CT molecular complexity index is 185. The summed E-state index contributed by atoms with van der Waals surface area (Å²) in [6, 6.07) is 0.957. The predicted octanol–water partition coefficient (Wildman–Crippen LogP) is 2.64. The summed E-state index contributed by atoms with van der Waals surface area (Å²) >= 11 is 0. The van der Waals surface area contributed by atoms with Gasteiger partial charge in [-0.25, -0.2) is 0 Å². The molecule has 0 radical (unpaired) electrons. The van der Waals surface area contributed by atoms with Gasteiger partial charge in [-0.3, -0.25) is 4.90 Å². The van der Waals surface area contributed by atoms with Gasteiger partial charge in [-0.2, -0.15) is 0 Å². The summed E-state index contributed by atoms with van der Waals surface area (Å²) in [5.74, 6) is 1.06. The first-order valence-corrected chi connectivity index (χ1v) is 7.35. The molecule has 2 fully saturated rings. The fourth-order valence-electron chi connectivity index (χ4n) is 2.34. The fraction of sp³-hybridized carbons (Fsp3) is 1.00. The van der Waals surface area contributed by atoms with Crippen LogP contribution in [0.3, 0.4) is 0 Å². The third-order valence-electron chi connectivity index (χ3n) is 3.79. The summed E-state index contributed by atoms with van der Waals surface area (Å²) in [6.07, 6.45) is 9.97. The van der Waals surface area contributed by atoms with Crippen molar-refractivity contribution in [2.45, 2.75) is 57.9 Å². The molecule has 0 bridgehead atoms. The molecule has 1 N–H and O–H groups in total. The molecule has 2 aliphatic rings. The minimum atomic E-state index is 0.957. The van der Waals surface area contributed by atoms with Crippen LogP contribution in [0.1, 0.15) is 51.9 Å². The van der Waals surface area contributed by atoms with Crippen molar-refractivity contribution in [3.8, 4) is 0 Å². The van der Waals surface area contributed by atoms with Crippen molar-refractivity contribution in [1.29, 1.82) is 0 Å². The Balaban J connectivity index is 1.48. The maximum atomic E-state index is 3.59. The van der Waals surface area contributed by atoms with E-state index >= 15 is 0 Å². The molecule has 94 valence electrons. The maximum Gasteiger partial charge on any atom is 0.0110 e. The highest BCUT2D eigenvalue weighted by Crippen LogP contribution is 2.34. The van der Waals surface area contributed by atoms with Crippen molar-refractivity contribution in [3.05, 3.63) is 0 Å². The Kier molecular flexibility index (Phi) is 5.11. The summed E-state index contributed by atoms with van der Waals surface area (Å²) in [6.45, 7) is 7.36. The molecule has 0 aliphatic heterocycles. The quantitative estimate of drug-likeness (QED) is 0.574. The van der Waals surface area contributed by atoms with Crippen LogP contribution in [0.5, 0.6) is 0 Å². The molecule has 0 amide bonds. The van der Waals surface area contributed by atoms with Crippen molar-refractivity contribution in [1.82, 2.24) is 10.2 Å². The molecule has 0 aromatic rings. The lowest BCUT2D eigenvalue weighted by Crippen LogP contribution is -2.35. The molecule has 0 atom stereocenters. The molecule has 0 spiro atoms. The van der Waals surface area contributed by atoms with E-state index in [2.05, 4.69) is 17.1 Å². The van der Waals surface area contributed by atoms with Crippen LogP contribution < -0.4 is 5.32 Å². The lowest BCUT2D eigenvalue weighted by molar-refractivity contribution is 0.252. The number of hydrogen-bond acceptors (Lipinski definition) is 2. The molecule has 16 heavy (non-hydrogen) atoms. The van der Waals surface area contributed by atoms with Gasteiger partial charge in [0, 0.05) is 25.7 Å². The molecule has 0 saturated heterocycles. The van der Waals surface area contributed by atoms with Crippen molar-refractivity contribution in [2.24, 2.45) is 5.92 Å². The lowest BCUT2D eigenvalue weighted by atomic mass is 10.2. The van der Waals surface area contributed by atoms with Gasteiger partial charge in [0.1, 0.15) is 0 Å². The number of hydrogen-bond donors (Lipinski definition) is 1. The van der Waals surface area contributed by atoms with E-state index in [-0.39, 0.29) is 0 Å². The summed E-state index contributed by atoms with van der Waals surface area (Å²) in [7, 11) is 0. The second-order valence-electron chi connectivity index (χ2n) is 5.63. The average Bonchev–Trinajstić information content (AvgIpc) is 3.15. The van der Waals surface area contributed by atoms with Gasteiger partial charge >= 0.3 is 0 Å². The summed E-state index contributed by atoms with van der Waals surface area (Å²) < 4.78 is 0. The topological polar surface area (TPSA) is 15.3 Å². The molecule has 2 aliphatic carbocycles. The first-order chi connectivity index (χ1) is 7.90. The molecule has 0 aromatic carbocycles. The first kappa shape index (κ1) is 12.4. The van der Waals surface area contributed by atoms with Gasteiger partial charge in [-0.1, -0.05) is 19.8 Å². The molecular formula is C14H28N2. The minimum absolute atomic E-state index is 0.957. The van der Waals surface area contributed by atoms with Gasteiger partial charge in [0.15, 0.2) is 0 Å². The largest absolute Gasteiger partial charge is 0.315 e. The molecule has 0 heterocycles. The van der Waals surface area contributed by atoms with Crippen LogP contribution in [0.15, 0.2) is 0 Å². The van der Waals surface area contributed by atoms with Crippen LogP contribution >= 0.6 is 0 Å². The SMILES string of the molecule is CCCCCNCCN(CC1CC1)C1CC1. The first-order valence-electron chi connectivity index (χ1n) is 7.35. The molecular weight excluding hydrogens is 196 g/mol. The van der Waals surface area contributed by atoms with E-state index < -0.39 is 0 Å². The van der Waals surface area contributed by atoms with Gasteiger partial charge in [-0.05, 0) is 44.6 Å². The van der Waals surface area contributed by atoms with Crippen LogP contribution in [0.2, 0.25) is 0 Å². The summed E-state index contributed by atoms with van der Waals surface area (Å²) in [5.41, 5.74) is 0. The minimum Gasteiger partial charge on any atom is -0.315 e. The van der Waals surface area contributed by atoms with Gasteiger partial charge in [0.05, 0.1) is 0 Å². The molecule has 2 saturated carbocycles. The number of nitrogens with one attached hydrogen (secondary N) is 1. The van der Waals surface area contributed by atoms with Crippen LogP contribution in [0, 0.1) is 5.92 Å². The molecule has 0 aromatic heterocycles. The Morgan fingerprint density at radius 3 is 2.50 bits per heavy atom. The zero-order valence-electron chi connectivity index (χ0n) is 10.9. The van der Waals surface area contributed by atoms with Crippen molar-refractivity contribution >= 4 is 0 Å². The Hall–Kier alpha value is -0.0800. The van der Waals surface area contributed by atoms with Crippen LogP contribution in [-0.4, -0.2) is 37.1 Å². The van der Waals surface area contributed by atoms with Crippen molar-refractivity contribution in [3.63, 3.8) is 0 Å².